The molecular weight excluding hydrogens is 271 g/mol. The van der Waals surface area contributed by atoms with Crippen LogP contribution in [0.25, 0.3) is 0 Å². The fraction of sp³-hybridized carbons (Fsp3) is 0.385. The first kappa shape index (κ1) is 15.4. The second-order valence-corrected chi connectivity index (χ2v) is 4.96. The number of benzene rings is 1. The van der Waals surface area contributed by atoms with Crippen molar-refractivity contribution >= 4 is 23.5 Å². The number of carbonyl (C=O) groups excluding carboxylic acids is 2. The van der Waals surface area contributed by atoms with Crippen LogP contribution in [0.15, 0.2) is 18.2 Å². The SMILES string of the molecule is Cc1ccc(C(C)NC(=O)NC(=O)C(C)Cl)cc1F. The van der Waals surface area contributed by atoms with Crippen LogP contribution in [-0.4, -0.2) is 17.3 Å². The molecule has 2 atom stereocenters. The first-order chi connectivity index (χ1) is 8.81. The third-order valence-corrected chi connectivity index (χ3v) is 2.84. The highest BCUT2D eigenvalue weighted by Crippen LogP contribution is 2.16. The monoisotopic (exact) mass is 286 g/mol. The first-order valence-corrected chi connectivity index (χ1v) is 6.26. The minimum absolute atomic E-state index is 0.336. The summed E-state index contributed by atoms with van der Waals surface area (Å²) in [5, 5.41) is 3.83. The third kappa shape index (κ3) is 4.52. The van der Waals surface area contributed by atoms with E-state index in [1.807, 2.05) is 0 Å². The molecule has 6 heteroatoms. The summed E-state index contributed by atoms with van der Waals surface area (Å²) in [5.41, 5.74) is 1.15. The van der Waals surface area contributed by atoms with Crippen LogP contribution in [-0.2, 0) is 4.79 Å². The normalized spacial score (nSPS) is 13.5. The molecule has 3 amide bonds. The van der Waals surface area contributed by atoms with Gasteiger partial charge in [0.2, 0.25) is 5.91 Å². The number of urea groups is 1. The molecule has 0 saturated heterocycles. The Labute approximate surface area is 116 Å². The van der Waals surface area contributed by atoms with Gasteiger partial charge in [0.1, 0.15) is 11.2 Å². The maximum atomic E-state index is 13.4. The minimum atomic E-state index is -0.794. The van der Waals surface area contributed by atoms with Crippen LogP contribution in [0.2, 0.25) is 0 Å². The lowest BCUT2D eigenvalue weighted by Crippen LogP contribution is -2.43. The second-order valence-electron chi connectivity index (χ2n) is 4.31. The van der Waals surface area contributed by atoms with Crippen LogP contribution in [0.5, 0.6) is 0 Å². The number of hydrogen-bond donors (Lipinski definition) is 2. The summed E-state index contributed by atoms with van der Waals surface area (Å²) < 4.78 is 13.4. The highest BCUT2D eigenvalue weighted by atomic mass is 35.5. The van der Waals surface area contributed by atoms with E-state index in [-0.39, 0.29) is 5.82 Å². The number of amides is 3. The van der Waals surface area contributed by atoms with Gasteiger partial charge in [-0.2, -0.15) is 0 Å². The summed E-state index contributed by atoms with van der Waals surface area (Å²) in [6.45, 7) is 4.81. The lowest BCUT2D eigenvalue weighted by molar-refractivity contribution is -0.119. The molecule has 4 nitrogen and oxygen atoms in total. The topological polar surface area (TPSA) is 58.2 Å². The van der Waals surface area contributed by atoms with E-state index in [0.29, 0.717) is 11.1 Å². The number of rotatable bonds is 3. The van der Waals surface area contributed by atoms with Gasteiger partial charge < -0.3 is 5.32 Å². The van der Waals surface area contributed by atoms with Gasteiger partial charge in [0.15, 0.2) is 0 Å². The smallest absolute Gasteiger partial charge is 0.321 e. The van der Waals surface area contributed by atoms with Crippen LogP contribution in [0.4, 0.5) is 9.18 Å². The molecule has 0 aliphatic heterocycles. The van der Waals surface area contributed by atoms with Gasteiger partial charge in [0.25, 0.3) is 0 Å². The fourth-order valence-corrected chi connectivity index (χ4v) is 1.46. The Balaban J connectivity index is 2.64. The zero-order valence-electron chi connectivity index (χ0n) is 11.0. The fourth-order valence-electron chi connectivity index (χ4n) is 1.41. The number of aryl methyl sites for hydroxylation is 1. The number of hydrogen-bond acceptors (Lipinski definition) is 2. The van der Waals surface area contributed by atoms with Crippen LogP contribution >= 0.6 is 11.6 Å². The predicted molar refractivity (Wildman–Crippen MR) is 71.5 cm³/mol. The first-order valence-electron chi connectivity index (χ1n) is 5.82. The molecule has 0 fully saturated rings. The van der Waals surface area contributed by atoms with Gasteiger partial charge in [0.05, 0.1) is 6.04 Å². The number of carbonyl (C=O) groups is 2. The molecule has 1 rings (SSSR count). The zero-order chi connectivity index (χ0) is 14.6. The van der Waals surface area contributed by atoms with E-state index in [0.717, 1.165) is 0 Å². The van der Waals surface area contributed by atoms with Crippen LogP contribution < -0.4 is 10.6 Å². The van der Waals surface area contributed by atoms with Gasteiger partial charge in [-0.15, -0.1) is 11.6 Å². The maximum absolute atomic E-state index is 13.4. The Morgan fingerprint density at radius 1 is 1.32 bits per heavy atom. The van der Waals surface area contributed by atoms with Crippen molar-refractivity contribution in [2.24, 2.45) is 0 Å². The zero-order valence-corrected chi connectivity index (χ0v) is 11.7. The molecule has 0 radical (unpaired) electrons. The van der Waals surface area contributed by atoms with E-state index in [2.05, 4.69) is 10.6 Å². The van der Waals surface area contributed by atoms with E-state index >= 15 is 0 Å². The molecule has 2 N–H and O–H groups in total. The molecule has 0 aliphatic carbocycles. The number of imide groups is 1. The molecule has 1 aromatic rings. The van der Waals surface area contributed by atoms with E-state index in [4.69, 9.17) is 11.6 Å². The van der Waals surface area contributed by atoms with Gasteiger partial charge in [-0.1, -0.05) is 12.1 Å². The highest BCUT2D eigenvalue weighted by molar-refractivity contribution is 6.31. The predicted octanol–water partition coefficient (Wildman–Crippen LogP) is 2.65. The summed E-state index contributed by atoms with van der Waals surface area (Å²) in [6, 6.07) is 3.62. The molecule has 0 heterocycles. The lowest BCUT2D eigenvalue weighted by Gasteiger charge is -2.15. The number of alkyl halides is 1. The molecule has 0 spiro atoms. The van der Waals surface area contributed by atoms with Crippen molar-refractivity contribution in [2.45, 2.75) is 32.2 Å². The largest absolute Gasteiger partial charge is 0.331 e. The van der Waals surface area contributed by atoms with Crippen molar-refractivity contribution in [1.29, 1.82) is 0 Å². The molecular formula is C13H16ClFN2O2. The van der Waals surface area contributed by atoms with Crippen molar-refractivity contribution < 1.29 is 14.0 Å². The van der Waals surface area contributed by atoms with Crippen molar-refractivity contribution in [3.8, 4) is 0 Å². The molecule has 0 aliphatic rings. The summed E-state index contributed by atoms with van der Waals surface area (Å²) >= 11 is 5.52. The minimum Gasteiger partial charge on any atom is -0.331 e. The Morgan fingerprint density at radius 2 is 1.95 bits per heavy atom. The van der Waals surface area contributed by atoms with Crippen LogP contribution in [0, 0.1) is 12.7 Å². The summed E-state index contributed by atoms with van der Waals surface area (Å²) in [7, 11) is 0. The van der Waals surface area contributed by atoms with Crippen molar-refractivity contribution in [2.75, 3.05) is 0 Å². The lowest BCUT2D eigenvalue weighted by atomic mass is 10.1. The molecule has 0 bridgehead atoms. The Hall–Kier alpha value is -1.62. The molecule has 104 valence electrons. The standard InChI is InChI=1S/C13H16ClFN2O2/c1-7-4-5-10(6-11(7)15)9(3)16-13(19)17-12(18)8(2)14/h4-6,8-9H,1-3H3,(H2,16,17,18,19). The average molecular weight is 287 g/mol. The number of halogens is 2. The Bertz CT molecular complexity index is 492. The summed E-state index contributed by atoms with van der Waals surface area (Å²) in [5.74, 6) is -0.918. The molecule has 0 saturated carbocycles. The van der Waals surface area contributed by atoms with E-state index in [1.54, 1.807) is 26.0 Å². The van der Waals surface area contributed by atoms with Crippen molar-refractivity contribution in [3.05, 3.63) is 35.1 Å². The van der Waals surface area contributed by atoms with Gasteiger partial charge in [-0.3, -0.25) is 10.1 Å². The van der Waals surface area contributed by atoms with E-state index in [1.165, 1.54) is 13.0 Å². The molecule has 2 unspecified atom stereocenters. The van der Waals surface area contributed by atoms with Gasteiger partial charge >= 0.3 is 6.03 Å². The van der Waals surface area contributed by atoms with Gasteiger partial charge in [-0.25, -0.2) is 9.18 Å². The van der Waals surface area contributed by atoms with Gasteiger partial charge in [0, 0.05) is 0 Å². The van der Waals surface area contributed by atoms with Crippen molar-refractivity contribution in [3.63, 3.8) is 0 Å². The summed E-state index contributed by atoms with van der Waals surface area (Å²) in [4.78, 5) is 22.7. The third-order valence-electron chi connectivity index (χ3n) is 2.64. The van der Waals surface area contributed by atoms with Crippen LogP contribution in [0.3, 0.4) is 0 Å². The second kappa shape index (κ2) is 6.52. The quantitative estimate of drug-likeness (QED) is 0.839. The van der Waals surface area contributed by atoms with Crippen molar-refractivity contribution in [1.82, 2.24) is 10.6 Å². The van der Waals surface area contributed by atoms with Crippen LogP contribution in [0.1, 0.15) is 31.0 Å². The average Bonchev–Trinajstić information content (AvgIpc) is 2.32. The summed E-state index contributed by atoms with van der Waals surface area (Å²) in [6.07, 6.45) is 0. The Kier molecular flexibility index (Phi) is 5.30. The molecule has 0 aromatic heterocycles. The molecule has 1 aromatic carbocycles. The van der Waals surface area contributed by atoms with E-state index in [9.17, 15) is 14.0 Å². The van der Waals surface area contributed by atoms with Gasteiger partial charge in [-0.05, 0) is 38.0 Å². The maximum Gasteiger partial charge on any atom is 0.321 e. The number of nitrogens with one attached hydrogen (secondary N) is 2. The van der Waals surface area contributed by atoms with E-state index < -0.39 is 23.4 Å². The molecule has 19 heavy (non-hydrogen) atoms. The highest BCUT2D eigenvalue weighted by Gasteiger charge is 2.15. The Morgan fingerprint density at radius 3 is 2.47 bits per heavy atom.